The SMILES string of the molecule is O=CC(Cc1cccnc1)C(=O)CCc1c[nH]c2ccccc12. The molecule has 1 atom stereocenters. The maximum atomic E-state index is 12.3. The van der Waals surface area contributed by atoms with Crippen molar-refractivity contribution in [1.29, 1.82) is 0 Å². The average Bonchev–Trinajstić information content (AvgIpc) is 3.01. The molecule has 4 nitrogen and oxygen atoms in total. The number of benzene rings is 1. The van der Waals surface area contributed by atoms with Crippen molar-refractivity contribution in [2.75, 3.05) is 0 Å². The third-order valence-corrected chi connectivity index (χ3v) is 4.07. The van der Waals surface area contributed by atoms with E-state index in [1.54, 1.807) is 12.4 Å². The second kappa shape index (κ2) is 7.01. The first-order valence-electron chi connectivity index (χ1n) is 7.70. The minimum atomic E-state index is -0.593. The Morgan fingerprint density at radius 2 is 2.09 bits per heavy atom. The number of aromatic amines is 1. The second-order valence-corrected chi connectivity index (χ2v) is 5.63. The number of aryl methyl sites for hydroxylation is 1. The smallest absolute Gasteiger partial charge is 0.143 e. The molecule has 1 aromatic carbocycles. The Morgan fingerprint density at radius 3 is 2.87 bits per heavy atom. The standard InChI is InChI=1S/C19H18N2O2/c22-13-16(10-14-4-3-9-20-11-14)19(23)8-7-15-12-21-18-6-2-1-5-17(15)18/h1-6,9,11-13,16,21H,7-8,10H2. The Balaban J connectivity index is 1.64. The Hall–Kier alpha value is -2.75. The van der Waals surface area contributed by atoms with Crippen molar-refractivity contribution >= 4 is 23.0 Å². The molecule has 0 saturated heterocycles. The van der Waals surface area contributed by atoms with Gasteiger partial charge < -0.3 is 9.78 Å². The molecule has 0 bridgehead atoms. The third-order valence-electron chi connectivity index (χ3n) is 4.07. The molecule has 0 aliphatic heterocycles. The largest absolute Gasteiger partial charge is 0.361 e. The average molecular weight is 306 g/mol. The summed E-state index contributed by atoms with van der Waals surface area (Å²) in [5, 5.41) is 1.13. The number of nitrogens with one attached hydrogen (secondary N) is 1. The van der Waals surface area contributed by atoms with Crippen LogP contribution in [0.5, 0.6) is 0 Å². The van der Waals surface area contributed by atoms with Gasteiger partial charge in [0.1, 0.15) is 12.1 Å². The van der Waals surface area contributed by atoms with Crippen LogP contribution in [0.4, 0.5) is 0 Å². The van der Waals surface area contributed by atoms with E-state index in [4.69, 9.17) is 0 Å². The van der Waals surface area contributed by atoms with Crippen molar-refractivity contribution in [3.63, 3.8) is 0 Å². The lowest BCUT2D eigenvalue weighted by atomic mass is 9.93. The number of H-pyrrole nitrogens is 1. The number of fused-ring (bicyclic) bond motifs is 1. The van der Waals surface area contributed by atoms with Crippen LogP contribution in [0.2, 0.25) is 0 Å². The number of aldehydes is 1. The zero-order chi connectivity index (χ0) is 16.1. The lowest BCUT2D eigenvalue weighted by molar-refractivity contribution is -0.127. The van der Waals surface area contributed by atoms with Gasteiger partial charge in [0.25, 0.3) is 0 Å². The first-order valence-corrected chi connectivity index (χ1v) is 7.70. The van der Waals surface area contributed by atoms with Crippen molar-refractivity contribution in [2.45, 2.75) is 19.3 Å². The summed E-state index contributed by atoms with van der Waals surface area (Å²) < 4.78 is 0. The van der Waals surface area contributed by atoms with Crippen molar-refractivity contribution in [3.8, 4) is 0 Å². The van der Waals surface area contributed by atoms with E-state index in [1.165, 1.54) is 0 Å². The monoisotopic (exact) mass is 306 g/mol. The fourth-order valence-corrected chi connectivity index (χ4v) is 2.79. The molecule has 2 heterocycles. The lowest BCUT2D eigenvalue weighted by Crippen LogP contribution is -2.19. The molecule has 23 heavy (non-hydrogen) atoms. The van der Waals surface area contributed by atoms with E-state index in [0.29, 0.717) is 19.3 Å². The van der Waals surface area contributed by atoms with E-state index in [-0.39, 0.29) is 5.78 Å². The van der Waals surface area contributed by atoms with Crippen molar-refractivity contribution in [3.05, 3.63) is 66.1 Å². The zero-order valence-corrected chi connectivity index (χ0v) is 12.7. The molecule has 0 spiro atoms. The van der Waals surface area contributed by atoms with Gasteiger partial charge in [-0.2, -0.15) is 0 Å². The molecular formula is C19H18N2O2. The number of carbonyl (C=O) groups excluding carboxylic acids is 2. The summed E-state index contributed by atoms with van der Waals surface area (Å²) in [5.41, 5.74) is 3.09. The number of hydrogen-bond acceptors (Lipinski definition) is 3. The van der Waals surface area contributed by atoms with Crippen molar-refractivity contribution < 1.29 is 9.59 Å². The molecule has 4 heteroatoms. The lowest BCUT2D eigenvalue weighted by Gasteiger charge is -2.09. The van der Waals surface area contributed by atoms with Crippen LogP contribution in [-0.2, 0) is 22.4 Å². The van der Waals surface area contributed by atoms with Crippen LogP contribution in [-0.4, -0.2) is 22.0 Å². The molecule has 0 radical (unpaired) electrons. The molecule has 1 N–H and O–H groups in total. The number of pyridine rings is 1. The Morgan fingerprint density at radius 1 is 1.22 bits per heavy atom. The van der Waals surface area contributed by atoms with Gasteiger partial charge in [-0.1, -0.05) is 24.3 Å². The van der Waals surface area contributed by atoms with Gasteiger partial charge in [-0.05, 0) is 36.1 Å². The van der Waals surface area contributed by atoms with Gasteiger partial charge in [0.15, 0.2) is 0 Å². The number of hydrogen-bond donors (Lipinski definition) is 1. The fourth-order valence-electron chi connectivity index (χ4n) is 2.79. The van der Waals surface area contributed by atoms with Crippen molar-refractivity contribution in [2.24, 2.45) is 5.92 Å². The highest BCUT2D eigenvalue weighted by molar-refractivity contribution is 5.94. The molecule has 0 fully saturated rings. The quantitative estimate of drug-likeness (QED) is 0.539. The molecule has 1 unspecified atom stereocenters. The number of nitrogens with zero attached hydrogens (tertiary/aromatic N) is 1. The topological polar surface area (TPSA) is 62.8 Å². The minimum absolute atomic E-state index is 0.0193. The molecular weight excluding hydrogens is 288 g/mol. The van der Waals surface area contributed by atoms with Gasteiger partial charge in [-0.25, -0.2) is 0 Å². The summed E-state index contributed by atoms with van der Waals surface area (Å²) in [6, 6.07) is 11.7. The summed E-state index contributed by atoms with van der Waals surface area (Å²) in [6.45, 7) is 0. The third kappa shape index (κ3) is 3.54. The molecule has 3 aromatic rings. The van der Waals surface area contributed by atoms with Crippen LogP contribution in [0, 0.1) is 5.92 Å². The van der Waals surface area contributed by atoms with Crippen LogP contribution in [0.3, 0.4) is 0 Å². The summed E-state index contributed by atoms with van der Waals surface area (Å²) in [7, 11) is 0. The highest BCUT2D eigenvalue weighted by Crippen LogP contribution is 2.20. The van der Waals surface area contributed by atoms with Crippen LogP contribution >= 0.6 is 0 Å². The number of rotatable bonds is 7. The molecule has 3 rings (SSSR count). The summed E-state index contributed by atoms with van der Waals surface area (Å²) in [4.78, 5) is 30.9. The normalized spacial score (nSPS) is 12.2. The van der Waals surface area contributed by atoms with Crippen LogP contribution in [0.1, 0.15) is 17.5 Å². The Bertz CT molecular complexity index is 808. The maximum absolute atomic E-state index is 12.3. The van der Waals surface area contributed by atoms with E-state index >= 15 is 0 Å². The molecule has 0 aliphatic rings. The number of aromatic nitrogens is 2. The van der Waals surface area contributed by atoms with Crippen molar-refractivity contribution in [1.82, 2.24) is 9.97 Å². The van der Waals surface area contributed by atoms with Gasteiger partial charge in [0.2, 0.25) is 0 Å². The predicted octanol–water partition coefficient (Wildman–Crippen LogP) is 3.12. The first kappa shape index (κ1) is 15.2. The summed E-state index contributed by atoms with van der Waals surface area (Å²) >= 11 is 0. The highest BCUT2D eigenvalue weighted by atomic mass is 16.1. The molecule has 116 valence electrons. The predicted molar refractivity (Wildman–Crippen MR) is 89.1 cm³/mol. The van der Waals surface area contributed by atoms with Gasteiger partial charge >= 0.3 is 0 Å². The molecule has 0 aliphatic carbocycles. The Kier molecular flexibility index (Phi) is 4.62. The summed E-state index contributed by atoms with van der Waals surface area (Å²) in [5.74, 6) is -0.612. The highest BCUT2D eigenvalue weighted by Gasteiger charge is 2.18. The van der Waals surface area contributed by atoms with Crippen LogP contribution < -0.4 is 0 Å². The number of ketones is 1. The van der Waals surface area contributed by atoms with E-state index in [1.807, 2.05) is 42.6 Å². The molecule has 0 amide bonds. The zero-order valence-electron chi connectivity index (χ0n) is 12.7. The molecule has 0 saturated carbocycles. The van der Waals surface area contributed by atoms with E-state index in [9.17, 15) is 9.59 Å². The van der Waals surface area contributed by atoms with Gasteiger partial charge in [-0.3, -0.25) is 9.78 Å². The van der Waals surface area contributed by atoms with Gasteiger partial charge in [0.05, 0.1) is 5.92 Å². The molecule has 2 aromatic heterocycles. The summed E-state index contributed by atoms with van der Waals surface area (Å²) in [6.07, 6.45) is 7.50. The second-order valence-electron chi connectivity index (χ2n) is 5.63. The number of para-hydroxylation sites is 1. The van der Waals surface area contributed by atoms with Gasteiger partial charge in [-0.15, -0.1) is 0 Å². The number of Topliss-reactive ketones (excluding diaryl/α,β-unsaturated/α-hetero) is 1. The van der Waals surface area contributed by atoms with E-state index in [2.05, 4.69) is 9.97 Å². The maximum Gasteiger partial charge on any atom is 0.143 e. The first-order chi connectivity index (χ1) is 11.3. The van der Waals surface area contributed by atoms with E-state index < -0.39 is 5.92 Å². The van der Waals surface area contributed by atoms with E-state index in [0.717, 1.165) is 28.3 Å². The number of carbonyl (C=O) groups is 2. The Labute approximate surface area is 134 Å². The fraction of sp³-hybridized carbons (Fsp3) is 0.211. The minimum Gasteiger partial charge on any atom is -0.361 e. The van der Waals surface area contributed by atoms with Gasteiger partial charge in [0, 0.05) is 35.9 Å². The van der Waals surface area contributed by atoms with Crippen LogP contribution in [0.15, 0.2) is 55.0 Å². The van der Waals surface area contributed by atoms with Crippen LogP contribution in [0.25, 0.3) is 10.9 Å².